The smallest absolute Gasteiger partial charge is 0.330 e. The summed E-state index contributed by atoms with van der Waals surface area (Å²) < 4.78 is 6.25. The van der Waals surface area contributed by atoms with Gasteiger partial charge in [0.25, 0.3) is 11.5 Å². The van der Waals surface area contributed by atoms with Gasteiger partial charge in [-0.2, -0.15) is 0 Å². The second kappa shape index (κ2) is 4.86. The fourth-order valence-corrected chi connectivity index (χ4v) is 1.90. The van der Waals surface area contributed by atoms with Gasteiger partial charge >= 0.3 is 5.69 Å². The van der Waals surface area contributed by atoms with E-state index in [0.29, 0.717) is 5.56 Å². The minimum atomic E-state index is -1.32. The Morgan fingerprint density at radius 3 is 2.95 bits per heavy atom. The van der Waals surface area contributed by atoms with Crippen LogP contribution in [0.1, 0.15) is 18.2 Å². The maximum absolute atomic E-state index is 11.6. The SMILES string of the molecule is Cc1cn([C@H]2C[C@H](O)[C@@H](C(=O)N=[N-])O2)c(=O)[nH]c1=O. The number of aryl methyl sites for hydroxylation is 1. The predicted octanol–water partition coefficient (Wildman–Crippen LogP) is -0.958. The number of carbonyl (C=O) groups excluding carboxylic acids is 1. The van der Waals surface area contributed by atoms with E-state index in [-0.39, 0.29) is 6.42 Å². The number of nitrogens with zero attached hydrogens (tertiary/aromatic N) is 3. The fourth-order valence-electron chi connectivity index (χ4n) is 1.90. The van der Waals surface area contributed by atoms with Gasteiger partial charge in [0, 0.05) is 18.2 Å². The minimum absolute atomic E-state index is 0.0304. The number of aromatic amines is 1. The van der Waals surface area contributed by atoms with E-state index in [0.717, 1.165) is 4.57 Å². The first kappa shape index (κ1) is 13.3. The Hall–Kier alpha value is -2.13. The van der Waals surface area contributed by atoms with Gasteiger partial charge in [-0.15, -0.1) is 0 Å². The third-order valence-electron chi connectivity index (χ3n) is 2.89. The van der Waals surface area contributed by atoms with Crippen LogP contribution in [0.3, 0.4) is 0 Å². The Morgan fingerprint density at radius 2 is 2.32 bits per heavy atom. The van der Waals surface area contributed by atoms with Gasteiger partial charge < -0.3 is 20.5 Å². The number of ether oxygens (including phenoxy) is 1. The number of hydrogen-bond acceptors (Lipinski definition) is 5. The van der Waals surface area contributed by atoms with Crippen molar-refractivity contribution < 1.29 is 14.6 Å². The van der Waals surface area contributed by atoms with E-state index in [1.165, 1.54) is 13.1 Å². The van der Waals surface area contributed by atoms with E-state index < -0.39 is 35.6 Å². The zero-order valence-corrected chi connectivity index (χ0v) is 9.94. The van der Waals surface area contributed by atoms with Crippen LogP contribution in [0, 0.1) is 6.92 Å². The number of carbonyl (C=O) groups is 1. The number of aromatic nitrogens is 2. The van der Waals surface area contributed by atoms with Gasteiger partial charge in [0.05, 0.1) is 6.10 Å². The molecule has 1 fully saturated rings. The zero-order valence-electron chi connectivity index (χ0n) is 9.94. The number of aliphatic hydroxyl groups excluding tert-OH is 1. The molecule has 0 radical (unpaired) electrons. The number of rotatable bonds is 2. The molecule has 3 atom stereocenters. The van der Waals surface area contributed by atoms with Crippen molar-refractivity contribution in [1.82, 2.24) is 9.55 Å². The molecule has 2 N–H and O–H groups in total. The molecule has 9 nitrogen and oxygen atoms in total. The lowest BCUT2D eigenvalue weighted by atomic mass is 10.2. The van der Waals surface area contributed by atoms with Crippen LogP contribution in [0.2, 0.25) is 0 Å². The third kappa shape index (κ3) is 2.37. The number of amides is 1. The van der Waals surface area contributed by atoms with Crippen molar-refractivity contribution in [1.29, 1.82) is 0 Å². The summed E-state index contributed by atoms with van der Waals surface area (Å²) in [7, 11) is 0. The van der Waals surface area contributed by atoms with Crippen LogP contribution in [0.15, 0.2) is 20.9 Å². The van der Waals surface area contributed by atoms with E-state index in [2.05, 4.69) is 10.1 Å². The highest BCUT2D eigenvalue weighted by Gasteiger charge is 2.39. The van der Waals surface area contributed by atoms with Gasteiger partial charge in [0.1, 0.15) is 6.23 Å². The molecule has 0 saturated carbocycles. The lowest BCUT2D eigenvalue weighted by Gasteiger charge is -2.14. The molecule has 1 aromatic heterocycles. The summed E-state index contributed by atoms with van der Waals surface area (Å²) in [6.07, 6.45) is -2.17. The average Bonchev–Trinajstić information content (AvgIpc) is 2.75. The zero-order chi connectivity index (χ0) is 14.2. The number of nitrogens with one attached hydrogen (secondary N) is 1. The highest BCUT2D eigenvalue weighted by atomic mass is 16.5. The topological polar surface area (TPSA) is 136 Å². The lowest BCUT2D eigenvalue weighted by molar-refractivity contribution is -0.134. The highest BCUT2D eigenvalue weighted by Crippen LogP contribution is 2.28. The van der Waals surface area contributed by atoms with Crippen molar-refractivity contribution in [2.24, 2.45) is 5.11 Å². The fraction of sp³-hybridized carbons (Fsp3) is 0.500. The summed E-state index contributed by atoms with van der Waals surface area (Å²) in [6, 6.07) is 0. The van der Waals surface area contributed by atoms with Gasteiger partial charge in [-0.1, -0.05) is 0 Å². The van der Waals surface area contributed by atoms with Crippen LogP contribution >= 0.6 is 0 Å². The Bertz CT molecular complexity index is 634. The van der Waals surface area contributed by atoms with Crippen LogP contribution in [0.5, 0.6) is 0 Å². The van der Waals surface area contributed by atoms with E-state index in [4.69, 9.17) is 10.3 Å². The normalized spacial score (nSPS) is 26.3. The molecule has 0 aliphatic carbocycles. The summed E-state index contributed by atoms with van der Waals surface area (Å²) in [5.41, 5.74) is 7.44. The van der Waals surface area contributed by atoms with Crippen LogP contribution in [-0.2, 0) is 9.53 Å². The molecular weight excluding hydrogens is 256 g/mol. The predicted molar refractivity (Wildman–Crippen MR) is 61.4 cm³/mol. The maximum Gasteiger partial charge on any atom is 0.330 e. The van der Waals surface area contributed by atoms with Gasteiger partial charge in [-0.3, -0.25) is 19.1 Å². The molecule has 1 aliphatic heterocycles. The van der Waals surface area contributed by atoms with Crippen molar-refractivity contribution in [3.05, 3.63) is 38.1 Å². The van der Waals surface area contributed by atoms with E-state index in [1.807, 2.05) is 0 Å². The molecule has 1 aliphatic rings. The highest BCUT2D eigenvalue weighted by molar-refractivity contribution is 5.82. The van der Waals surface area contributed by atoms with Crippen molar-refractivity contribution >= 4 is 5.91 Å². The summed E-state index contributed by atoms with van der Waals surface area (Å²) in [5.74, 6) is -1.02. The quantitative estimate of drug-likeness (QED) is 0.665. The summed E-state index contributed by atoms with van der Waals surface area (Å²) >= 11 is 0. The van der Waals surface area contributed by atoms with E-state index >= 15 is 0 Å². The lowest BCUT2D eigenvalue weighted by Crippen LogP contribution is -2.33. The minimum Gasteiger partial charge on any atom is -0.704 e. The molecule has 2 heterocycles. The largest absolute Gasteiger partial charge is 0.704 e. The summed E-state index contributed by atoms with van der Waals surface area (Å²) in [5, 5.41) is 12.1. The monoisotopic (exact) mass is 267 g/mol. The standard InChI is InChI=1S/C10H11N4O5/c1-4-3-14(10(18)12-8(4)16)6-2-5(15)7(19-6)9(17)13-11/h3,5-7,15H,2H2,1H3,(H,12,16,18)/q-1/t5-,6+,7-/m0/s1. The molecule has 102 valence electrons. The van der Waals surface area contributed by atoms with E-state index in [9.17, 15) is 19.5 Å². The molecule has 0 spiro atoms. The molecule has 2 rings (SSSR count). The van der Waals surface area contributed by atoms with Crippen molar-refractivity contribution in [2.75, 3.05) is 0 Å². The maximum atomic E-state index is 11.6. The number of aliphatic hydroxyl groups is 1. The molecule has 19 heavy (non-hydrogen) atoms. The Labute approximate surface area is 106 Å². The molecule has 1 saturated heterocycles. The molecular formula is C10H11N4O5-. The Morgan fingerprint density at radius 1 is 1.63 bits per heavy atom. The average molecular weight is 267 g/mol. The second-order valence-electron chi connectivity index (χ2n) is 4.23. The third-order valence-corrected chi connectivity index (χ3v) is 2.89. The number of hydrogen-bond donors (Lipinski definition) is 2. The second-order valence-corrected chi connectivity index (χ2v) is 4.23. The van der Waals surface area contributed by atoms with Crippen molar-refractivity contribution in [2.45, 2.75) is 31.8 Å². The molecule has 1 amide bonds. The van der Waals surface area contributed by atoms with Crippen molar-refractivity contribution in [3.8, 4) is 0 Å². The summed E-state index contributed by atoms with van der Waals surface area (Å²) in [4.78, 5) is 36.1. The van der Waals surface area contributed by atoms with E-state index in [1.54, 1.807) is 0 Å². The first-order chi connectivity index (χ1) is 8.93. The first-order valence-electron chi connectivity index (χ1n) is 5.48. The first-order valence-corrected chi connectivity index (χ1v) is 5.48. The van der Waals surface area contributed by atoms with Gasteiger partial charge in [0.2, 0.25) is 0 Å². The van der Waals surface area contributed by atoms with Gasteiger partial charge in [0.15, 0.2) is 6.10 Å². The Kier molecular flexibility index (Phi) is 3.40. The number of H-pyrrole nitrogens is 1. The Balaban J connectivity index is 2.33. The van der Waals surface area contributed by atoms with Crippen LogP contribution in [0.25, 0.3) is 5.53 Å². The van der Waals surface area contributed by atoms with Gasteiger partial charge in [-0.25, -0.2) is 4.79 Å². The summed E-state index contributed by atoms with van der Waals surface area (Å²) in [6.45, 7) is 1.51. The van der Waals surface area contributed by atoms with Gasteiger partial charge in [-0.05, 0) is 6.92 Å². The molecule has 0 aromatic carbocycles. The van der Waals surface area contributed by atoms with Crippen LogP contribution < -0.4 is 11.2 Å². The molecule has 0 bridgehead atoms. The van der Waals surface area contributed by atoms with Crippen LogP contribution in [0.4, 0.5) is 0 Å². The molecule has 9 heteroatoms. The molecule has 1 aromatic rings. The molecule has 0 unspecified atom stereocenters. The van der Waals surface area contributed by atoms with Crippen LogP contribution in [-0.4, -0.2) is 32.8 Å². The van der Waals surface area contributed by atoms with Crippen molar-refractivity contribution in [3.63, 3.8) is 0 Å².